The third kappa shape index (κ3) is 3.75. The van der Waals surface area contributed by atoms with Crippen LogP contribution in [0.25, 0.3) is 0 Å². The Morgan fingerprint density at radius 1 is 1.42 bits per heavy atom. The smallest absolute Gasteiger partial charge is 0.280 e. The van der Waals surface area contributed by atoms with Gasteiger partial charge in [-0.15, -0.1) is 0 Å². The molecule has 19 heavy (non-hydrogen) atoms. The summed E-state index contributed by atoms with van der Waals surface area (Å²) in [6, 6.07) is 1.70. The van der Waals surface area contributed by atoms with Crippen LogP contribution in [0.15, 0.2) is 10.6 Å². The predicted molar refractivity (Wildman–Crippen MR) is 68.6 cm³/mol. The molecule has 0 spiro atoms. The summed E-state index contributed by atoms with van der Waals surface area (Å²) in [6.07, 6.45) is -0.208. The molecule has 1 aliphatic rings. The molecule has 2 atom stereocenters. The third-order valence-electron chi connectivity index (χ3n) is 2.83. The third-order valence-corrected chi connectivity index (χ3v) is 4.32. The minimum atomic E-state index is -3.52. The summed E-state index contributed by atoms with van der Waals surface area (Å²) in [5.74, 6) is 0.496. The SMILES string of the molecule is Cc1cc(CNS(=O)(=O)N2CC(C)OC(C)C2)on1. The number of nitrogens with zero attached hydrogens (tertiary/aromatic N) is 2. The fourth-order valence-corrected chi connectivity index (χ4v) is 3.40. The second kappa shape index (κ2) is 5.58. The standard InChI is InChI=1S/C11H19N3O4S/c1-8-4-11(18-13-8)5-12-19(15,16)14-6-9(2)17-10(3)7-14/h4,9-10,12H,5-7H2,1-3H3. The highest BCUT2D eigenvalue weighted by Gasteiger charge is 2.30. The molecule has 1 aromatic heterocycles. The maximum absolute atomic E-state index is 12.2. The lowest BCUT2D eigenvalue weighted by atomic mass is 10.3. The van der Waals surface area contributed by atoms with Gasteiger partial charge in [0.15, 0.2) is 5.76 Å². The lowest BCUT2D eigenvalue weighted by Crippen LogP contribution is -2.51. The Morgan fingerprint density at radius 2 is 2.05 bits per heavy atom. The number of morpholine rings is 1. The number of aromatic nitrogens is 1. The molecule has 1 aromatic rings. The van der Waals surface area contributed by atoms with Gasteiger partial charge in [-0.25, -0.2) is 0 Å². The van der Waals surface area contributed by atoms with Crippen molar-refractivity contribution in [3.8, 4) is 0 Å². The van der Waals surface area contributed by atoms with Gasteiger partial charge in [0.2, 0.25) is 0 Å². The van der Waals surface area contributed by atoms with E-state index in [-0.39, 0.29) is 18.8 Å². The molecule has 0 aliphatic carbocycles. The molecule has 1 fully saturated rings. The topological polar surface area (TPSA) is 84.7 Å². The van der Waals surface area contributed by atoms with E-state index in [2.05, 4.69) is 9.88 Å². The molecular formula is C11H19N3O4S. The van der Waals surface area contributed by atoms with E-state index in [4.69, 9.17) is 9.26 Å². The molecule has 2 rings (SSSR count). The number of aryl methyl sites for hydroxylation is 1. The summed E-state index contributed by atoms with van der Waals surface area (Å²) >= 11 is 0. The fraction of sp³-hybridized carbons (Fsp3) is 0.727. The predicted octanol–water partition coefficient (Wildman–Crippen LogP) is 0.427. The van der Waals surface area contributed by atoms with Gasteiger partial charge < -0.3 is 9.26 Å². The van der Waals surface area contributed by atoms with Crippen LogP contribution < -0.4 is 4.72 Å². The maximum atomic E-state index is 12.2. The molecule has 1 saturated heterocycles. The first-order valence-corrected chi connectivity index (χ1v) is 7.63. The van der Waals surface area contributed by atoms with Gasteiger partial charge in [-0.2, -0.15) is 17.4 Å². The van der Waals surface area contributed by atoms with E-state index in [1.54, 1.807) is 13.0 Å². The van der Waals surface area contributed by atoms with Crippen molar-refractivity contribution in [3.63, 3.8) is 0 Å². The number of ether oxygens (including phenoxy) is 1. The molecular weight excluding hydrogens is 270 g/mol. The number of hydrogen-bond donors (Lipinski definition) is 1. The van der Waals surface area contributed by atoms with Crippen molar-refractivity contribution in [1.82, 2.24) is 14.2 Å². The van der Waals surface area contributed by atoms with E-state index in [0.29, 0.717) is 18.8 Å². The van der Waals surface area contributed by atoms with Gasteiger partial charge in [0.25, 0.3) is 10.2 Å². The van der Waals surface area contributed by atoms with Gasteiger partial charge in [0, 0.05) is 19.2 Å². The second-order valence-corrected chi connectivity index (χ2v) is 6.59. The van der Waals surface area contributed by atoms with Gasteiger partial charge in [0.1, 0.15) is 0 Å². The zero-order valence-electron chi connectivity index (χ0n) is 11.3. The molecule has 1 N–H and O–H groups in total. The molecule has 0 aromatic carbocycles. The van der Waals surface area contributed by atoms with Crippen molar-refractivity contribution in [2.24, 2.45) is 0 Å². The maximum Gasteiger partial charge on any atom is 0.280 e. The van der Waals surface area contributed by atoms with Crippen molar-refractivity contribution in [3.05, 3.63) is 17.5 Å². The number of hydrogen-bond acceptors (Lipinski definition) is 5. The van der Waals surface area contributed by atoms with Crippen LogP contribution in [-0.2, 0) is 21.5 Å². The van der Waals surface area contributed by atoms with Crippen molar-refractivity contribution < 1.29 is 17.7 Å². The summed E-state index contributed by atoms with van der Waals surface area (Å²) in [6.45, 7) is 6.32. The minimum Gasteiger partial charge on any atom is -0.373 e. The van der Waals surface area contributed by atoms with Crippen LogP contribution in [0.5, 0.6) is 0 Å². The van der Waals surface area contributed by atoms with E-state index < -0.39 is 10.2 Å². The first kappa shape index (κ1) is 14.4. The lowest BCUT2D eigenvalue weighted by Gasteiger charge is -2.34. The molecule has 0 bridgehead atoms. The average Bonchev–Trinajstić information content (AvgIpc) is 2.71. The molecule has 0 radical (unpaired) electrons. The van der Waals surface area contributed by atoms with E-state index in [1.807, 2.05) is 13.8 Å². The fourth-order valence-electron chi connectivity index (χ4n) is 2.08. The average molecular weight is 289 g/mol. The zero-order chi connectivity index (χ0) is 14.0. The van der Waals surface area contributed by atoms with Crippen LogP contribution in [0.1, 0.15) is 25.3 Å². The van der Waals surface area contributed by atoms with E-state index >= 15 is 0 Å². The zero-order valence-corrected chi connectivity index (χ0v) is 12.1. The molecule has 2 heterocycles. The van der Waals surface area contributed by atoms with E-state index in [9.17, 15) is 8.42 Å². The Labute approximate surface area is 113 Å². The van der Waals surface area contributed by atoms with Crippen LogP contribution in [0, 0.1) is 6.92 Å². The van der Waals surface area contributed by atoms with E-state index in [1.165, 1.54) is 4.31 Å². The van der Waals surface area contributed by atoms with E-state index in [0.717, 1.165) is 5.69 Å². The summed E-state index contributed by atoms with van der Waals surface area (Å²) < 4.78 is 38.7. The van der Waals surface area contributed by atoms with Gasteiger partial charge in [0.05, 0.1) is 24.4 Å². The molecule has 8 heteroatoms. The minimum absolute atomic E-state index is 0.100. The van der Waals surface area contributed by atoms with Crippen molar-refractivity contribution in [1.29, 1.82) is 0 Å². The van der Waals surface area contributed by atoms with Crippen LogP contribution in [-0.4, -0.2) is 43.2 Å². The Kier molecular flexibility index (Phi) is 4.24. The van der Waals surface area contributed by atoms with Gasteiger partial charge >= 0.3 is 0 Å². The molecule has 108 valence electrons. The van der Waals surface area contributed by atoms with Crippen molar-refractivity contribution in [2.45, 2.75) is 39.5 Å². The number of nitrogens with one attached hydrogen (secondary N) is 1. The Morgan fingerprint density at radius 3 is 2.58 bits per heavy atom. The summed E-state index contributed by atoms with van der Waals surface area (Å²) in [5.41, 5.74) is 0.725. The van der Waals surface area contributed by atoms with Crippen molar-refractivity contribution >= 4 is 10.2 Å². The van der Waals surface area contributed by atoms with Crippen LogP contribution >= 0.6 is 0 Å². The largest absolute Gasteiger partial charge is 0.373 e. The Hall–Kier alpha value is -0.960. The highest BCUT2D eigenvalue weighted by Crippen LogP contribution is 2.14. The monoisotopic (exact) mass is 289 g/mol. The number of rotatable bonds is 4. The van der Waals surface area contributed by atoms with Crippen LogP contribution in [0.4, 0.5) is 0 Å². The summed E-state index contributed by atoms with van der Waals surface area (Å²) in [7, 11) is -3.52. The Bertz CT molecular complexity index is 518. The molecule has 1 aliphatic heterocycles. The highest BCUT2D eigenvalue weighted by molar-refractivity contribution is 7.87. The first-order valence-electron chi connectivity index (χ1n) is 6.19. The van der Waals surface area contributed by atoms with Gasteiger partial charge in [-0.05, 0) is 20.8 Å². The lowest BCUT2D eigenvalue weighted by molar-refractivity contribution is -0.0444. The van der Waals surface area contributed by atoms with Gasteiger partial charge in [-0.1, -0.05) is 5.16 Å². The quantitative estimate of drug-likeness (QED) is 0.868. The first-order chi connectivity index (χ1) is 8.87. The van der Waals surface area contributed by atoms with Gasteiger partial charge in [-0.3, -0.25) is 0 Å². The van der Waals surface area contributed by atoms with Crippen LogP contribution in [0.3, 0.4) is 0 Å². The highest BCUT2D eigenvalue weighted by atomic mass is 32.2. The second-order valence-electron chi connectivity index (χ2n) is 4.84. The van der Waals surface area contributed by atoms with Crippen LogP contribution in [0.2, 0.25) is 0 Å². The summed E-state index contributed by atoms with van der Waals surface area (Å²) in [4.78, 5) is 0. The van der Waals surface area contributed by atoms with Crippen molar-refractivity contribution in [2.75, 3.05) is 13.1 Å². The molecule has 0 saturated carbocycles. The summed E-state index contributed by atoms with van der Waals surface area (Å²) in [5, 5.41) is 3.71. The molecule has 7 nitrogen and oxygen atoms in total. The molecule has 0 amide bonds. The Balaban J connectivity index is 1.97. The normalized spacial score (nSPS) is 25.6. The molecule has 2 unspecified atom stereocenters.